The fourth-order valence-corrected chi connectivity index (χ4v) is 2.74. The first-order valence-electron chi connectivity index (χ1n) is 6.96. The number of aromatic nitrogens is 1. The predicted molar refractivity (Wildman–Crippen MR) is 93.7 cm³/mol. The van der Waals surface area contributed by atoms with Crippen LogP contribution in [0.15, 0.2) is 34.9 Å². The lowest BCUT2D eigenvalue weighted by Gasteiger charge is -2.05. The van der Waals surface area contributed by atoms with Gasteiger partial charge < -0.3 is 20.1 Å². The molecule has 0 radical (unpaired) electrons. The molecular formula is C14H14BBrN2O5S. The smallest absolute Gasteiger partial charge is 0.460 e. The summed E-state index contributed by atoms with van der Waals surface area (Å²) in [5.74, 6) is -0.428. The number of rotatable bonds is 7. The van der Waals surface area contributed by atoms with Crippen molar-refractivity contribution in [1.29, 1.82) is 0 Å². The van der Waals surface area contributed by atoms with Crippen molar-refractivity contribution in [1.82, 2.24) is 4.98 Å². The Bertz CT molecular complexity index is 707. The summed E-state index contributed by atoms with van der Waals surface area (Å²) >= 11 is 4.39. The molecule has 0 aliphatic heterocycles. The van der Waals surface area contributed by atoms with E-state index >= 15 is 0 Å². The summed E-state index contributed by atoms with van der Waals surface area (Å²) < 4.78 is 6.22. The first-order valence-corrected chi connectivity index (χ1v) is 8.57. The molecule has 2 rings (SSSR count). The number of nitrogens with one attached hydrogen (secondary N) is 1. The second-order valence-corrected chi connectivity index (χ2v) is 6.86. The average Bonchev–Trinajstić information content (AvgIpc) is 3.02. The second kappa shape index (κ2) is 8.93. The van der Waals surface area contributed by atoms with Gasteiger partial charge in [0, 0.05) is 26.7 Å². The molecule has 0 spiro atoms. The summed E-state index contributed by atoms with van der Waals surface area (Å²) in [5, 5.41) is 20.6. The van der Waals surface area contributed by atoms with Crippen LogP contribution in [0.3, 0.4) is 0 Å². The highest BCUT2D eigenvalue weighted by Crippen LogP contribution is 2.12. The summed E-state index contributed by atoms with van der Waals surface area (Å²) in [6.07, 6.45) is 1.49. The largest absolute Gasteiger partial charge is 0.499 e. The quantitative estimate of drug-likeness (QED) is 0.463. The maximum absolute atomic E-state index is 11.7. The molecule has 2 aromatic rings. The van der Waals surface area contributed by atoms with Crippen molar-refractivity contribution in [2.45, 2.75) is 19.4 Å². The normalized spacial score (nSPS) is 10.3. The number of ether oxygens (including phenoxy) is 1. The highest BCUT2D eigenvalue weighted by atomic mass is 79.9. The van der Waals surface area contributed by atoms with Crippen LogP contribution in [0.1, 0.15) is 17.7 Å². The lowest BCUT2D eigenvalue weighted by molar-refractivity contribution is -0.145. The average molecular weight is 413 g/mol. The number of carbonyl (C=O) groups is 2. The number of pyridine rings is 1. The molecule has 0 saturated carbocycles. The lowest BCUT2D eigenvalue weighted by Crippen LogP contribution is -2.26. The molecule has 0 atom stereocenters. The van der Waals surface area contributed by atoms with Gasteiger partial charge in [0.2, 0.25) is 5.91 Å². The van der Waals surface area contributed by atoms with Crippen LogP contribution in [-0.2, 0) is 20.9 Å². The van der Waals surface area contributed by atoms with Gasteiger partial charge in [-0.25, -0.2) is 4.98 Å². The van der Waals surface area contributed by atoms with E-state index in [2.05, 4.69) is 26.2 Å². The van der Waals surface area contributed by atoms with E-state index in [1.165, 1.54) is 0 Å². The van der Waals surface area contributed by atoms with Crippen molar-refractivity contribution < 1.29 is 24.4 Å². The lowest BCUT2D eigenvalue weighted by atomic mass is 9.90. The van der Waals surface area contributed by atoms with Crippen LogP contribution in [0.2, 0.25) is 0 Å². The van der Waals surface area contributed by atoms with E-state index in [-0.39, 0.29) is 25.4 Å². The van der Waals surface area contributed by atoms with Gasteiger partial charge in [-0.2, -0.15) is 0 Å². The fraction of sp³-hybridized carbons (Fsp3) is 0.214. The predicted octanol–water partition coefficient (Wildman–Crippen LogP) is 1.05. The third-order valence-electron chi connectivity index (χ3n) is 2.86. The minimum Gasteiger partial charge on any atom is -0.460 e. The van der Waals surface area contributed by atoms with Crippen molar-refractivity contribution in [2.75, 3.05) is 5.32 Å². The van der Waals surface area contributed by atoms with Gasteiger partial charge in [-0.05, 0) is 34.1 Å². The van der Waals surface area contributed by atoms with Gasteiger partial charge in [-0.3, -0.25) is 9.59 Å². The molecule has 24 heavy (non-hydrogen) atoms. The number of anilines is 1. The topological polar surface area (TPSA) is 109 Å². The molecule has 0 fully saturated rings. The highest BCUT2D eigenvalue weighted by Gasteiger charge is 2.15. The van der Waals surface area contributed by atoms with Crippen LogP contribution in [0, 0.1) is 0 Å². The van der Waals surface area contributed by atoms with Gasteiger partial charge in [0.1, 0.15) is 12.4 Å². The summed E-state index contributed by atoms with van der Waals surface area (Å²) in [7, 11) is -1.53. The van der Waals surface area contributed by atoms with Crippen LogP contribution in [0.25, 0.3) is 0 Å². The van der Waals surface area contributed by atoms with E-state index in [0.29, 0.717) is 15.5 Å². The Hall–Kier alpha value is -1.75. The number of amides is 1. The first kappa shape index (κ1) is 18.6. The SMILES string of the molecule is O=C(CCC(=O)OCc1ccc(B(O)O)s1)Nc1ccc(Br)cn1. The van der Waals surface area contributed by atoms with Gasteiger partial charge in [-0.15, -0.1) is 11.3 Å². The van der Waals surface area contributed by atoms with E-state index in [0.717, 1.165) is 15.8 Å². The molecule has 2 aromatic heterocycles. The number of esters is 1. The monoisotopic (exact) mass is 412 g/mol. The summed E-state index contributed by atoms with van der Waals surface area (Å²) in [6, 6.07) is 6.59. The zero-order chi connectivity index (χ0) is 17.5. The third kappa shape index (κ3) is 6.04. The minimum absolute atomic E-state index is 0.0123. The summed E-state index contributed by atoms with van der Waals surface area (Å²) in [5.41, 5.74) is 0. The molecule has 10 heteroatoms. The maximum Gasteiger partial charge on any atom is 0.499 e. The number of nitrogens with zero attached hydrogens (tertiary/aromatic N) is 1. The van der Waals surface area contributed by atoms with E-state index in [4.69, 9.17) is 14.8 Å². The van der Waals surface area contributed by atoms with Crippen molar-refractivity contribution in [2.24, 2.45) is 0 Å². The van der Waals surface area contributed by atoms with Crippen LogP contribution >= 0.6 is 27.3 Å². The molecule has 0 bridgehead atoms. The zero-order valence-corrected chi connectivity index (χ0v) is 14.8. The molecule has 0 aromatic carbocycles. The molecule has 7 nitrogen and oxygen atoms in total. The van der Waals surface area contributed by atoms with Crippen molar-refractivity contribution in [3.8, 4) is 0 Å². The molecule has 0 saturated heterocycles. The molecule has 0 unspecified atom stereocenters. The van der Waals surface area contributed by atoms with Gasteiger partial charge >= 0.3 is 13.1 Å². The number of thiophene rings is 1. The van der Waals surface area contributed by atoms with Crippen LogP contribution < -0.4 is 10.1 Å². The van der Waals surface area contributed by atoms with E-state index in [9.17, 15) is 9.59 Å². The minimum atomic E-state index is -1.53. The van der Waals surface area contributed by atoms with Crippen LogP contribution in [0.4, 0.5) is 5.82 Å². The molecule has 1 amide bonds. The van der Waals surface area contributed by atoms with Crippen molar-refractivity contribution in [3.05, 3.63) is 39.8 Å². The fourth-order valence-electron chi connectivity index (χ4n) is 1.71. The Balaban J connectivity index is 1.70. The number of hydrogen-bond acceptors (Lipinski definition) is 7. The van der Waals surface area contributed by atoms with Gasteiger partial charge in [-0.1, -0.05) is 6.07 Å². The molecule has 0 aliphatic carbocycles. The highest BCUT2D eigenvalue weighted by molar-refractivity contribution is 9.10. The molecule has 3 N–H and O–H groups in total. The molecule has 126 valence electrons. The zero-order valence-electron chi connectivity index (χ0n) is 12.4. The Morgan fingerprint density at radius 2 is 2.04 bits per heavy atom. The summed E-state index contributed by atoms with van der Waals surface area (Å²) in [4.78, 5) is 28.1. The van der Waals surface area contributed by atoms with E-state index < -0.39 is 13.1 Å². The third-order valence-corrected chi connectivity index (χ3v) is 4.43. The maximum atomic E-state index is 11.7. The number of hydrogen-bond donors (Lipinski definition) is 3. The van der Waals surface area contributed by atoms with Gasteiger partial charge in [0.05, 0.1) is 6.42 Å². The Labute approximate surface area is 151 Å². The first-order chi connectivity index (χ1) is 11.4. The van der Waals surface area contributed by atoms with Crippen molar-refractivity contribution >= 4 is 56.9 Å². The van der Waals surface area contributed by atoms with Crippen LogP contribution in [0.5, 0.6) is 0 Å². The Kier molecular flexibility index (Phi) is 6.91. The van der Waals surface area contributed by atoms with E-state index in [1.54, 1.807) is 30.5 Å². The van der Waals surface area contributed by atoms with E-state index in [1.807, 2.05) is 0 Å². The van der Waals surface area contributed by atoms with Crippen LogP contribution in [-0.4, -0.2) is 34.0 Å². The Morgan fingerprint density at radius 1 is 1.25 bits per heavy atom. The number of carbonyl (C=O) groups excluding carboxylic acids is 2. The standard InChI is InChI=1S/C14H14BBrN2O5S/c16-9-1-4-12(17-7-9)18-13(19)5-6-14(20)23-8-10-2-3-11(24-10)15(21)22/h1-4,7,21-22H,5-6,8H2,(H,17,18,19). The van der Waals surface area contributed by atoms with Gasteiger partial charge in [0.25, 0.3) is 0 Å². The molecular weight excluding hydrogens is 399 g/mol. The number of halogens is 1. The second-order valence-electron chi connectivity index (χ2n) is 4.75. The van der Waals surface area contributed by atoms with Crippen molar-refractivity contribution in [3.63, 3.8) is 0 Å². The molecule has 2 heterocycles. The van der Waals surface area contributed by atoms with Gasteiger partial charge in [0.15, 0.2) is 0 Å². The summed E-state index contributed by atoms with van der Waals surface area (Å²) in [6.45, 7) is 0.0338. The Morgan fingerprint density at radius 3 is 2.67 bits per heavy atom. The molecule has 0 aliphatic rings.